The zero-order valence-corrected chi connectivity index (χ0v) is 9.30. The van der Waals surface area contributed by atoms with Gasteiger partial charge in [-0.2, -0.15) is 5.26 Å². The van der Waals surface area contributed by atoms with E-state index < -0.39 is 0 Å². The molecular formula is C10H20N4. The highest BCUT2D eigenvalue weighted by atomic mass is 15.3. The zero-order chi connectivity index (χ0) is 10.6. The highest BCUT2D eigenvalue weighted by molar-refractivity contribution is 4.90. The first kappa shape index (κ1) is 11.4. The molecule has 0 spiro atoms. The van der Waals surface area contributed by atoms with Crippen LogP contribution in [0.1, 0.15) is 20.3 Å². The first-order valence-electron chi connectivity index (χ1n) is 5.14. The third kappa shape index (κ3) is 2.68. The number of nitrogens with one attached hydrogen (secondary N) is 2. The maximum absolute atomic E-state index is 8.64. The van der Waals surface area contributed by atoms with E-state index in [1.165, 1.54) is 0 Å². The van der Waals surface area contributed by atoms with Crippen molar-refractivity contribution >= 4 is 0 Å². The second-order valence-corrected chi connectivity index (χ2v) is 4.27. The van der Waals surface area contributed by atoms with Gasteiger partial charge in [-0.25, -0.2) is 0 Å². The molecular weight excluding hydrogens is 176 g/mol. The number of nitriles is 1. The Morgan fingerprint density at radius 1 is 1.64 bits per heavy atom. The van der Waals surface area contributed by atoms with E-state index >= 15 is 0 Å². The predicted molar refractivity (Wildman–Crippen MR) is 56.7 cm³/mol. The Bertz CT molecular complexity index is 219. The van der Waals surface area contributed by atoms with Crippen molar-refractivity contribution in [2.45, 2.75) is 32.0 Å². The number of hydrogen-bond acceptors (Lipinski definition) is 4. The molecule has 0 aromatic heterocycles. The molecule has 4 nitrogen and oxygen atoms in total. The lowest BCUT2D eigenvalue weighted by molar-refractivity contribution is 0.0629. The SMILES string of the molecule is CNC(C)(C)N1CCN[C@H](CC#N)C1. The van der Waals surface area contributed by atoms with Crippen LogP contribution in [0.2, 0.25) is 0 Å². The van der Waals surface area contributed by atoms with E-state index in [0.29, 0.717) is 12.5 Å². The van der Waals surface area contributed by atoms with Crippen LogP contribution < -0.4 is 10.6 Å². The van der Waals surface area contributed by atoms with E-state index in [2.05, 4.69) is 35.5 Å². The zero-order valence-electron chi connectivity index (χ0n) is 9.30. The fourth-order valence-electron chi connectivity index (χ4n) is 1.74. The number of hydrogen-bond donors (Lipinski definition) is 2. The number of nitrogens with zero attached hydrogens (tertiary/aromatic N) is 2. The second kappa shape index (κ2) is 4.74. The lowest BCUT2D eigenvalue weighted by atomic mass is 10.1. The van der Waals surface area contributed by atoms with Gasteiger partial charge >= 0.3 is 0 Å². The van der Waals surface area contributed by atoms with Crippen LogP contribution in [-0.2, 0) is 0 Å². The summed E-state index contributed by atoms with van der Waals surface area (Å²) < 4.78 is 0. The van der Waals surface area contributed by atoms with Crippen molar-refractivity contribution < 1.29 is 0 Å². The minimum atomic E-state index is 0.0236. The molecule has 14 heavy (non-hydrogen) atoms. The molecule has 4 heteroatoms. The van der Waals surface area contributed by atoms with Gasteiger partial charge in [-0.3, -0.25) is 4.90 Å². The Labute approximate surface area is 86.3 Å². The summed E-state index contributed by atoms with van der Waals surface area (Å²) in [5, 5.41) is 15.3. The van der Waals surface area contributed by atoms with E-state index in [4.69, 9.17) is 5.26 Å². The van der Waals surface area contributed by atoms with Gasteiger partial charge < -0.3 is 10.6 Å². The number of piperazine rings is 1. The molecule has 0 bridgehead atoms. The van der Waals surface area contributed by atoms with Gasteiger partial charge in [-0.15, -0.1) is 0 Å². The van der Waals surface area contributed by atoms with Crippen LogP contribution in [0.3, 0.4) is 0 Å². The molecule has 0 aromatic carbocycles. The first-order chi connectivity index (χ1) is 6.60. The van der Waals surface area contributed by atoms with Crippen LogP contribution in [-0.4, -0.2) is 43.3 Å². The summed E-state index contributed by atoms with van der Waals surface area (Å²) in [5.41, 5.74) is 0.0236. The third-order valence-electron chi connectivity index (χ3n) is 3.00. The molecule has 2 N–H and O–H groups in total. The van der Waals surface area contributed by atoms with Gasteiger partial charge in [0, 0.05) is 25.7 Å². The average molecular weight is 196 g/mol. The van der Waals surface area contributed by atoms with Gasteiger partial charge in [0.1, 0.15) is 0 Å². The molecule has 0 amide bonds. The standard InChI is InChI=1S/C10H20N4/c1-10(2,12-3)14-7-6-13-9(8-14)4-5-11/h9,12-13H,4,6-8H2,1-3H3/t9-/m1/s1. The minimum Gasteiger partial charge on any atom is -0.310 e. The van der Waals surface area contributed by atoms with Gasteiger partial charge in [-0.05, 0) is 20.9 Å². The summed E-state index contributed by atoms with van der Waals surface area (Å²) in [5.74, 6) is 0. The second-order valence-electron chi connectivity index (χ2n) is 4.27. The fraction of sp³-hybridized carbons (Fsp3) is 0.900. The van der Waals surface area contributed by atoms with Crippen molar-refractivity contribution in [1.29, 1.82) is 5.26 Å². The Morgan fingerprint density at radius 2 is 2.36 bits per heavy atom. The van der Waals surface area contributed by atoms with Crippen LogP contribution in [0, 0.1) is 11.3 Å². The summed E-state index contributed by atoms with van der Waals surface area (Å²) in [6, 6.07) is 2.54. The van der Waals surface area contributed by atoms with Crippen molar-refractivity contribution in [3.05, 3.63) is 0 Å². The highest BCUT2D eigenvalue weighted by Gasteiger charge is 2.29. The van der Waals surface area contributed by atoms with Gasteiger partial charge in [0.2, 0.25) is 0 Å². The molecule has 1 heterocycles. The van der Waals surface area contributed by atoms with E-state index in [1.807, 2.05) is 7.05 Å². The largest absolute Gasteiger partial charge is 0.310 e. The molecule has 0 radical (unpaired) electrons. The summed E-state index contributed by atoms with van der Waals surface area (Å²) in [4.78, 5) is 2.38. The van der Waals surface area contributed by atoms with Crippen molar-refractivity contribution in [3.63, 3.8) is 0 Å². The molecule has 1 aliphatic heterocycles. The van der Waals surface area contributed by atoms with Crippen molar-refractivity contribution in [2.24, 2.45) is 0 Å². The molecule has 1 fully saturated rings. The number of rotatable bonds is 3. The van der Waals surface area contributed by atoms with E-state index in [-0.39, 0.29) is 5.66 Å². The Hall–Kier alpha value is -0.630. The summed E-state index contributed by atoms with van der Waals surface area (Å²) >= 11 is 0. The van der Waals surface area contributed by atoms with E-state index in [9.17, 15) is 0 Å². The van der Waals surface area contributed by atoms with Gasteiger partial charge in [0.05, 0.1) is 18.2 Å². The molecule has 1 saturated heterocycles. The summed E-state index contributed by atoms with van der Waals surface area (Å²) in [6.07, 6.45) is 0.594. The molecule has 0 unspecified atom stereocenters. The van der Waals surface area contributed by atoms with Crippen molar-refractivity contribution in [3.8, 4) is 6.07 Å². The van der Waals surface area contributed by atoms with Gasteiger partial charge in [0.15, 0.2) is 0 Å². The fourth-order valence-corrected chi connectivity index (χ4v) is 1.74. The van der Waals surface area contributed by atoms with Crippen molar-refractivity contribution in [1.82, 2.24) is 15.5 Å². The molecule has 0 aromatic rings. The maximum Gasteiger partial charge on any atom is 0.0652 e. The quantitative estimate of drug-likeness (QED) is 0.673. The average Bonchev–Trinajstić information content (AvgIpc) is 2.19. The van der Waals surface area contributed by atoms with E-state index in [0.717, 1.165) is 19.6 Å². The molecule has 1 rings (SSSR count). The van der Waals surface area contributed by atoms with Crippen LogP contribution in [0.5, 0.6) is 0 Å². The van der Waals surface area contributed by atoms with Crippen LogP contribution >= 0.6 is 0 Å². The molecule has 1 aliphatic rings. The Morgan fingerprint density at radius 3 is 2.93 bits per heavy atom. The maximum atomic E-state index is 8.64. The lowest BCUT2D eigenvalue weighted by Crippen LogP contribution is -2.61. The molecule has 1 atom stereocenters. The topological polar surface area (TPSA) is 51.1 Å². The van der Waals surface area contributed by atoms with Crippen LogP contribution in [0.25, 0.3) is 0 Å². The minimum absolute atomic E-state index is 0.0236. The smallest absolute Gasteiger partial charge is 0.0652 e. The van der Waals surface area contributed by atoms with Gasteiger partial charge in [0.25, 0.3) is 0 Å². The highest BCUT2D eigenvalue weighted by Crippen LogP contribution is 2.13. The third-order valence-corrected chi connectivity index (χ3v) is 3.00. The first-order valence-corrected chi connectivity index (χ1v) is 5.14. The van der Waals surface area contributed by atoms with Gasteiger partial charge in [-0.1, -0.05) is 0 Å². The van der Waals surface area contributed by atoms with E-state index in [1.54, 1.807) is 0 Å². The normalized spacial score (nSPS) is 24.6. The predicted octanol–water partition coefficient (Wildman–Crippen LogP) is 0.129. The molecule has 0 aliphatic carbocycles. The molecule has 80 valence electrons. The Balaban J connectivity index is 2.52. The Kier molecular flexibility index (Phi) is 3.87. The van der Waals surface area contributed by atoms with Crippen LogP contribution in [0.15, 0.2) is 0 Å². The van der Waals surface area contributed by atoms with Crippen molar-refractivity contribution in [2.75, 3.05) is 26.7 Å². The molecule has 0 saturated carbocycles. The van der Waals surface area contributed by atoms with Crippen LogP contribution in [0.4, 0.5) is 0 Å². The summed E-state index contributed by atoms with van der Waals surface area (Å²) in [7, 11) is 1.97. The summed E-state index contributed by atoms with van der Waals surface area (Å²) in [6.45, 7) is 7.29. The lowest BCUT2D eigenvalue weighted by Gasteiger charge is -2.43. The monoisotopic (exact) mass is 196 g/mol.